The third-order valence-corrected chi connectivity index (χ3v) is 5.87. The van der Waals surface area contributed by atoms with Crippen LogP contribution in [-0.2, 0) is 6.42 Å². The zero-order valence-electron chi connectivity index (χ0n) is 10.9. The number of nitrogens with one attached hydrogen (secondary N) is 1. The lowest BCUT2D eigenvalue weighted by molar-refractivity contribution is 0.501. The molecule has 1 nitrogen and oxygen atoms in total. The molecule has 1 unspecified atom stereocenters. The van der Waals surface area contributed by atoms with Gasteiger partial charge in [0.05, 0.1) is 4.34 Å². The summed E-state index contributed by atoms with van der Waals surface area (Å²) in [5, 5.41) is 3.55. The van der Waals surface area contributed by atoms with E-state index in [4.69, 9.17) is 11.6 Å². The van der Waals surface area contributed by atoms with Crippen molar-refractivity contribution in [3.63, 3.8) is 0 Å². The molecule has 0 spiro atoms. The lowest BCUT2D eigenvalue weighted by Gasteiger charge is -2.26. The number of fused-ring (bicyclic) bond motifs is 1. The predicted octanol–water partition coefficient (Wildman–Crippen LogP) is 4.91. The molecule has 1 N–H and O–H groups in total. The zero-order valence-corrected chi connectivity index (χ0v) is 13.3. The van der Waals surface area contributed by atoms with Crippen LogP contribution in [0.3, 0.4) is 0 Å². The van der Waals surface area contributed by atoms with Crippen LogP contribution in [0, 0.1) is 5.82 Å². The van der Waals surface area contributed by atoms with E-state index in [1.54, 1.807) is 35.2 Å². The van der Waals surface area contributed by atoms with Crippen molar-refractivity contribution in [3.05, 3.63) is 50.9 Å². The molecule has 0 aliphatic carbocycles. The van der Waals surface area contributed by atoms with Gasteiger partial charge >= 0.3 is 0 Å². The molecule has 3 rings (SSSR count). The van der Waals surface area contributed by atoms with Crippen molar-refractivity contribution in [2.24, 2.45) is 0 Å². The maximum atomic E-state index is 13.8. The van der Waals surface area contributed by atoms with Crippen molar-refractivity contribution in [2.45, 2.75) is 23.8 Å². The first kappa shape index (κ1) is 14.4. The van der Waals surface area contributed by atoms with E-state index in [0.29, 0.717) is 0 Å². The van der Waals surface area contributed by atoms with E-state index < -0.39 is 0 Å². The molecule has 2 heterocycles. The summed E-state index contributed by atoms with van der Waals surface area (Å²) in [6.45, 7) is 0.891. The first-order valence-electron chi connectivity index (χ1n) is 6.63. The molecule has 1 aliphatic heterocycles. The van der Waals surface area contributed by atoms with Crippen LogP contribution in [0.15, 0.2) is 35.2 Å². The average Bonchev–Trinajstić information content (AvgIpc) is 2.86. The second kappa shape index (κ2) is 6.48. The van der Waals surface area contributed by atoms with Crippen molar-refractivity contribution in [3.8, 4) is 0 Å². The van der Waals surface area contributed by atoms with Gasteiger partial charge in [0, 0.05) is 22.4 Å². The number of rotatable bonds is 4. The topological polar surface area (TPSA) is 12.0 Å². The van der Waals surface area contributed by atoms with Crippen molar-refractivity contribution < 1.29 is 4.39 Å². The Morgan fingerprint density at radius 3 is 3.00 bits per heavy atom. The first-order chi connectivity index (χ1) is 9.74. The Balaban J connectivity index is 1.63. The molecule has 0 fully saturated rings. The number of hydrogen-bond donors (Lipinski definition) is 1. The molecule has 1 aromatic carbocycles. The van der Waals surface area contributed by atoms with Gasteiger partial charge in [-0.3, -0.25) is 0 Å². The van der Waals surface area contributed by atoms with Crippen LogP contribution >= 0.6 is 34.7 Å². The quantitative estimate of drug-likeness (QED) is 0.856. The lowest BCUT2D eigenvalue weighted by atomic mass is 10.0. The van der Waals surface area contributed by atoms with Crippen LogP contribution in [0.4, 0.5) is 4.39 Å². The Kier molecular flexibility index (Phi) is 4.66. The maximum Gasteiger partial charge on any atom is 0.137 e. The Labute approximate surface area is 131 Å². The van der Waals surface area contributed by atoms with E-state index in [1.165, 1.54) is 4.88 Å². The van der Waals surface area contributed by atoms with E-state index in [-0.39, 0.29) is 11.9 Å². The van der Waals surface area contributed by atoms with Crippen LogP contribution < -0.4 is 5.32 Å². The van der Waals surface area contributed by atoms with E-state index >= 15 is 0 Å². The largest absolute Gasteiger partial charge is 0.310 e. The fourth-order valence-corrected chi connectivity index (χ4v) is 4.68. The Bertz CT molecular complexity index is 599. The van der Waals surface area contributed by atoms with Crippen molar-refractivity contribution in [1.82, 2.24) is 5.32 Å². The summed E-state index contributed by atoms with van der Waals surface area (Å²) >= 11 is 9.17. The van der Waals surface area contributed by atoms with E-state index in [9.17, 15) is 4.39 Å². The Morgan fingerprint density at radius 2 is 2.20 bits per heavy atom. The highest BCUT2D eigenvalue weighted by Crippen LogP contribution is 2.37. The van der Waals surface area contributed by atoms with Gasteiger partial charge in [-0.1, -0.05) is 23.7 Å². The number of hydrogen-bond acceptors (Lipinski definition) is 3. The number of thioether (sulfide) groups is 1. The minimum absolute atomic E-state index is 0.0935. The molecule has 0 amide bonds. The molecule has 0 saturated heterocycles. The van der Waals surface area contributed by atoms with Gasteiger partial charge in [-0.05, 0) is 42.4 Å². The number of benzene rings is 1. The summed E-state index contributed by atoms with van der Waals surface area (Å²) in [6, 6.07) is 9.64. The summed E-state index contributed by atoms with van der Waals surface area (Å²) in [6.07, 6.45) is 2.01. The highest BCUT2D eigenvalue weighted by Gasteiger charge is 2.22. The molecule has 5 heteroatoms. The van der Waals surface area contributed by atoms with Gasteiger partial charge in [0.15, 0.2) is 0 Å². The van der Waals surface area contributed by atoms with Crippen LogP contribution in [0.5, 0.6) is 0 Å². The van der Waals surface area contributed by atoms with Gasteiger partial charge < -0.3 is 5.32 Å². The fraction of sp³-hybridized carbons (Fsp3) is 0.333. The number of halogens is 2. The van der Waals surface area contributed by atoms with Gasteiger partial charge in [0.2, 0.25) is 0 Å². The van der Waals surface area contributed by atoms with Crippen LogP contribution in [-0.4, -0.2) is 12.3 Å². The molecule has 0 radical (unpaired) electrons. The second-order valence-corrected chi connectivity index (χ2v) is 7.66. The van der Waals surface area contributed by atoms with Gasteiger partial charge in [-0.25, -0.2) is 4.39 Å². The third-order valence-electron chi connectivity index (χ3n) is 3.42. The molecule has 0 bridgehead atoms. The fourth-order valence-electron chi connectivity index (χ4n) is 2.45. The number of thiophene rings is 1. The molecular weight excluding hydrogens is 313 g/mol. The molecule has 106 valence electrons. The summed E-state index contributed by atoms with van der Waals surface area (Å²) in [7, 11) is 0. The minimum Gasteiger partial charge on any atom is -0.310 e. The predicted molar refractivity (Wildman–Crippen MR) is 85.5 cm³/mol. The van der Waals surface area contributed by atoms with E-state index in [1.807, 2.05) is 12.1 Å². The first-order valence-corrected chi connectivity index (χ1v) is 8.81. The molecule has 1 atom stereocenters. The van der Waals surface area contributed by atoms with Crippen molar-refractivity contribution in [1.29, 1.82) is 0 Å². The van der Waals surface area contributed by atoms with Crippen LogP contribution in [0.25, 0.3) is 0 Å². The second-order valence-electron chi connectivity index (χ2n) is 4.76. The molecule has 1 aromatic heterocycles. The molecule has 2 aromatic rings. The van der Waals surface area contributed by atoms with Crippen LogP contribution in [0.2, 0.25) is 4.34 Å². The van der Waals surface area contributed by atoms with E-state index in [2.05, 4.69) is 11.4 Å². The summed E-state index contributed by atoms with van der Waals surface area (Å²) in [5.74, 6) is 0.875. The monoisotopic (exact) mass is 327 g/mol. The Hall–Kier alpha value is -0.550. The summed E-state index contributed by atoms with van der Waals surface area (Å²) in [5.41, 5.74) is 1.10. The van der Waals surface area contributed by atoms with Gasteiger partial charge in [0.1, 0.15) is 5.82 Å². The maximum absolute atomic E-state index is 13.8. The smallest absolute Gasteiger partial charge is 0.137 e. The molecule has 1 aliphatic rings. The zero-order chi connectivity index (χ0) is 13.9. The van der Waals surface area contributed by atoms with Crippen LogP contribution in [0.1, 0.15) is 22.9 Å². The summed E-state index contributed by atoms with van der Waals surface area (Å²) in [4.78, 5) is 2.10. The van der Waals surface area contributed by atoms with Gasteiger partial charge in [0.25, 0.3) is 0 Å². The minimum atomic E-state index is -0.0935. The lowest BCUT2D eigenvalue weighted by Crippen LogP contribution is -2.26. The average molecular weight is 328 g/mol. The SMILES string of the molecule is Fc1cccc2c1SCCC2NCCc1ccc(Cl)s1. The third kappa shape index (κ3) is 3.19. The van der Waals surface area contributed by atoms with Crippen molar-refractivity contribution >= 4 is 34.7 Å². The normalized spacial score (nSPS) is 18.0. The highest BCUT2D eigenvalue weighted by molar-refractivity contribution is 7.99. The van der Waals surface area contributed by atoms with Gasteiger partial charge in [-0.2, -0.15) is 0 Å². The van der Waals surface area contributed by atoms with Crippen molar-refractivity contribution in [2.75, 3.05) is 12.3 Å². The Morgan fingerprint density at radius 1 is 1.30 bits per heavy atom. The van der Waals surface area contributed by atoms with Gasteiger partial charge in [-0.15, -0.1) is 23.1 Å². The summed E-state index contributed by atoms with van der Waals surface area (Å²) < 4.78 is 14.6. The molecule has 0 saturated carbocycles. The highest BCUT2D eigenvalue weighted by atomic mass is 35.5. The molecule has 20 heavy (non-hydrogen) atoms. The standard InChI is InChI=1S/C15H15ClFNS2/c16-14-5-4-10(20-14)6-8-18-13-7-9-19-15-11(13)2-1-3-12(15)17/h1-5,13,18H,6-9H2. The molecular formula is C15H15ClFNS2. The van der Waals surface area contributed by atoms with E-state index in [0.717, 1.165) is 39.9 Å².